The second kappa shape index (κ2) is 5.10. The quantitative estimate of drug-likeness (QED) is 0.764. The number of aromatic nitrogens is 1. The predicted molar refractivity (Wildman–Crippen MR) is 66.6 cm³/mol. The molecule has 2 rings (SSSR count). The van der Waals surface area contributed by atoms with Gasteiger partial charge in [0.1, 0.15) is 10.8 Å². The van der Waals surface area contributed by atoms with E-state index in [1.54, 1.807) is 0 Å². The highest BCUT2D eigenvalue weighted by Crippen LogP contribution is 2.30. The monoisotopic (exact) mass is 271 g/mol. The fraction of sp³-hybridized carbons (Fsp3) is 0.308. The number of rotatable bonds is 3. The van der Waals surface area contributed by atoms with Gasteiger partial charge in [0.15, 0.2) is 0 Å². The summed E-state index contributed by atoms with van der Waals surface area (Å²) in [5, 5.41) is 2.55. The zero-order valence-corrected chi connectivity index (χ0v) is 10.8. The van der Waals surface area contributed by atoms with Crippen LogP contribution in [0.25, 0.3) is 10.6 Å². The maximum atomic E-state index is 13.4. The molecule has 1 heterocycles. The first-order chi connectivity index (χ1) is 8.49. The van der Waals surface area contributed by atoms with Crippen LogP contribution in [0.3, 0.4) is 0 Å². The van der Waals surface area contributed by atoms with Crippen LogP contribution in [0, 0.1) is 5.82 Å². The minimum atomic E-state index is -2.79. The summed E-state index contributed by atoms with van der Waals surface area (Å²) in [6.45, 7) is 4.03. The van der Waals surface area contributed by atoms with E-state index in [9.17, 15) is 13.2 Å². The molecule has 96 valence electrons. The first kappa shape index (κ1) is 13.1. The van der Waals surface area contributed by atoms with Gasteiger partial charge >= 0.3 is 0 Å². The Morgan fingerprint density at radius 1 is 1.22 bits per heavy atom. The third-order valence-electron chi connectivity index (χ3n) is 2.60. The Hall–Kier alpha value is -1.36. The zero-order chi connectivity index (χ0) is 13.3. The minimum absolute atomic E-state index is 0.292. The second-order valence-corrected chi connectivity index (χ2v) is 5.13. The van der Waals surface area contributed by atoms with Crippen molar-refractivity contribution in [3.8, 4) is 10.6 Å². The lowest BCUT2D eigenvalue weighted by atomic mass is 10.1. The molecule has 0 saturated carbocycles. The Kier molecular flexibility index (Phi) is 3.71. The van der Waals surface area contributed by atoms with Crippen LogP contribution in [0.15, 0.2) is 23.6 Å². The van der Waals surface area contributed by atoms with Crippen LogP contribution in [0.1, 0.15) is 37.4 Å². The Bertz CT molecular complexity index is 549. The van der Waals surface area contributed by atoms with Gasteiger partial charge in [0, 0.05) is 10.9 Å². The van der Waals surface area contributed by atoms with E-state index >= 15 is 0 Å². The van der Waals surface area contributed by atoms with Crippen molar-refractivity contribution in [2.45, 2.75) is 26.2 Å². The van der Waals surface area contributed by atoms with Gasteiger partial charge in [-0.15, -0.1) is 11.3 Å². The van der Waals surface area contributed by atoms with Gasteiger partial charge in [-0.3, -0.25) is 0 Å². The van der Waals surface area contributed by atoms with Gasteiger partial charge in [0.2, 0.25) is 0 Å². The van der Waals surface area contributed by atoms with Gasteiger partial charge in [-0.1, -0.05) is 19.9 Å². The topological polar surface area (TPSA) is 12.9 Å². The van der Waals surface area contributed by atoms with Crippen molar-refractivity contribution < 1.29 is 13.2 Å². The summed E-state index contributed by atoms with van der Waals surface area (Å²) in [7, 11) is 0. The summed E-state index contributed by atoms with van der Waals surface area (Å²) in [6, 6.07) is 3.71. The summed E-state index contributed by atoms with van der Waals surface area (Å²) in [5.74, 6) is -0.594. The molecular formula is C13H12F3NS. The lowest BCUT2D eigenvalue weighted by molar-refractivity contribution is 0.146. The average molecular weight is 271 g/mol. The lowest BCUT2D eigenvalue weighted by Gasteiger charge is -2.03. The predicted octanol–water partition coefficient (Wildman–Crippen LogP) is 5.01. The number of alkyl halides is 2. The third-order valence-corrected chi connectivity index (χ3v) is 3.51. The van der Waals surface area contributed by atoms with Gasteiger partial charge in [-0.2, -0.15) is 0 Å². The van der Waals surface area contributed by atoms with Crippen LogP contribution in [-0.2, 0) is 0 Å². The molecule has 1 nitrogen and oxygen atoms in total. The number of nitrogens with zero attached hydrogens (tertiary/aromatic N) is 1. The first-order valence-corrected chi connectivity index (χ1v) is 6.40. The maximum Gasteiger partial charge on any atom is 0.266 e. The molecule has 1 aromatic heterocycles. The molecule has 0 saturated heterocycles. The number of halogens is 3. The molecule has 0 unspecified atom stereocenters. The summed E-state index contributed by atoms with van der Waals surface area (Å²) in [4.78, 5) is 4.36. The van der Waals surface area contributed by atoms with E-state index in [4.69, 9.17) is 0 Å². The van der Waals surface area contributed by atoms with E-state index in [1.165, 1.54) is 17.4 Å². The highest BCUT2D eigenvalue weighted by atomic mass is 32.1. The highest BCUT2D eigenvalue weighted by molar-refractivity contribution is 7.13. The van der Waals surface area contributed by atoms with Crippen LogP contribution < -0.4 is 0 Å². The third kappa shape index (κ3) is 2.56. The van der Waals surface area contributed by atoms with E-state index in [1.807, 2.05) is 19.2 Å². The van der Waals surface area contributed by atoms with Crippen LogP contribution >= 0.6 is 11.3 Å². The molecule has 0 aliphatic rings. The smallest absolute Gasteiger partial charge is 0.241 e. The summed E-state index contributed by atoms with van der Waals surface area (Å²) >= 11 is 1.39. The normalized spacial score (nSPS) is 11.5. The standard InChI is InChI=1S/C13H12F3NS/c1-7(2)11-6-18-13(17-11)8-3-4-9(12(15)16)10(14)5-8/h3-7,12H,1-2H3. The highest BCUT2D eigenvalue weighted by Gasteiger charge is 2.15. The largest absolute Gasteiger partial charge is 0.266 e. The maximum absolute atomic E-state index is 13.4. The SMILES string of the molecule is CC(C)c1csc(-c2ccc(C(F)F)c(F)c2)n1. The fourth-order valence-electron chi connectivity index (χ4n) is 1.52. The van der Waals surface area contributed by atoms with Crippen molar-refractivity contribution in [1.82, 2.24) is 4.98 Å². The molecule has 0 aliphatic carbocycles. The fourth-order valence-corrected chi connectivity index (χ4v) is 2.50. The van der Waals surface area contributed by atoms with E-state index < -0.39 is 17.8 Å². The van der Waals surface area contributed by atoms with Crippen molar-refractivity contribution in [3.63, 3.8) is 0 Å². The molecule has 0 bridgehead atoms. The van der Waals surface area contributed by atoms with Crippen LogP contribution in [0.5, 0.6) is 0 Å². The van der Waals surface area contributed by atoms with Crippen molar-refractivity contribution in [3.05, 3.63) is 40.7 Å². The number of thiazole rings is 1. The molecule has 0 spiro atoms. The molecule has 5 heteroatoms. The Balaban J connectivity index is 2.36. The summed E-state index contributed by atoms with van der Waals surface area (Å²) in [6.07, 6.45) is -2.79. The van der Waals surface area contributed by atoms with Gasteiger partial charge in [-0.25, -0.2) is 18.2 Å². The molecule has 0 aliphatic heterocycles. The number of hydrogen-bond acceptors (Lipinski definition) is 2. The lowest BCUT2D eigenvalue weighted by Crippen LogP contribution is -1.91. The Labute approximate surface area is 107 Å². The summed E-state index contributed by atoms with van der Waals surface area (Å²) < 4.78 is 38.3. The van der Waals surface area contributed by atoms with Gasteiger partial charge in [0.25, 0.3) is 6.43 Å². The molecule has 0 atom stereocenters. The number of benzene rings is 1. The minimum Gasteiger partial charge on any atom is -0.241 e. The summed E-state index contributed by atoms with van der Waals surface area (Å²) in [5.41, 5.74) is 0.890. The van der Waals surface area contributed by atoms with Crippen molar-refractivity contribution >= 4 is 11.3 Å². The zero-order valence-electron chi connectivity index (χ0n) is 9.95. The van der Waals surface area contributed by atoms with Gasteiger partial charge in [0.05, 0.1) is 11.3 Å². The molecule has 18 heavy (non-hydrogen) atoms. The Morgan fingerprint density at radius 2 is 1.94 bits per heavy atom. The molecule has 0 amide bonds. The van der Waals surface area contributed by atoms with Crippen molar-refractivity contribution in [2.75, 3.05) is 0 Å². The van der Waals surface area contributed by atoms with Gasteiger partial charge < -0.3 is 0 Å². The molecule has 0 N–H and O–H groups in total. The van der Waals surface area contributed by atoms with E-state index in [2.05, 4.69) is 4.98 Å². The number of hydrogen-bond donors (Lipinski definition) is 0. The molecule has 0 fully saturated rings. The molecule has 0 radical (unpaired) electrons. The molecule has 2 aromatic rings. The van der Waals surface area contributed by atoms with E-state index in [0.29, 0.717) is 16.5 Å². The van der Waals surface area contributed by atoms with Crippen molar-refractivity contribution in [2.24, 2.45) is 0 Å². The van der Waals surface area contributed by atoms with Crippen LogP contribution in [0.4, 0.5) is 13.2 Å². The van der Waals surface area contributed by atoms with Crippen molar-refractivity contribution in [1.29, 1.82) is 0 Å². The first-order valence-electron chi connectivity index (χ1n) is 5.52. The second-order valence-electron chi connectivity index (χ2n) is 4.27. The van der Waals surface area contributed by atoms with Gasteiger partial charge in [-0.05, 0) is 18.1 Å². The van der Waals surface area contributed by atoms with E-state index in [0.717, 1.165) is 17.8 Å². The average Bonchev–Trinajstić information content (AvgIpc) is 2.77. The van der Waals surface area contributed by atoms with Crippen LogP contribution in [-0.4, -0.2) is 4.98 Å². The van der Waals surface area contributed by atoms with E-state index in [-0.39, 0.29) is 0 Å². The molecular weight excluding hydrogens is 259 g/mol. The molecule has 1 aromatic carbocycles. The van der Waals surface area contributed by atoms with Crippen LogP contribution in [0.2, 0.25) is 0 Å². The Morgan fingerprint density at radius 3 is 2.44 bits per heavy atom.